The van der Waals surface area contributed by atoms with Crippen LogP contribution in [0, 0.1) is 28.1 Å². The molecule has 1 amide bonds. The van der Waals surface area contributed by atoms with Gasteiger partial charge in [-0.15, -0.1) is 0 Å². The van der Waals surface area contributed by atoms with Crippen LogP contribution in [0.15, 0.2) is 48.5 Å². The maximum atomic E-state index is 12.6. The maximum absolute atomic E-state index is 12.6. The van der Waals surface area contributed by atoms with Crippen LogP contribution in [0.1, 0.15) is 36.8 Å². The first-order valence-corrected chi connectivity index (χ1v) is 10.1. The number of benzene rings is 2. The van der Waals surface area contributed by atoms with E-state index in [1.54, 1.807) is 12.1 Å². The van der Waals surface area contributed by atoms with Gasteiger partial charge in [0.05, 0.1) is 23.7 Å². The van der Waals surface area contributed by atoms with E-state index in [2.05, 4.69) is 22.8 Å². The third kappa shape index (κ3) is 4.16. The van der Waals surface area contributed by atoms with Gasteiger partial charge in [-0.2, -0.15) is 10.5 Å². The Morgan fingerprint density at radius 3 is 2.28 bits per heavy atom. The van der Waals surface area contributed by atoms with Gasteiger partial charge in [-0.25, -0.2) is 0 Å². The number of hydrogen-bond donors (Lipinski definition) is 2. The zero-order valence-corrected chi connectivity index (χ0v) is 16.3. The summed E-state index contributed by atoms with van der Waals surface area (Å²) in [7, 11) is 0. The predicted molar refractivity (Wildman–Crippen MR) is 111 cm³/mol. The third-order valence-corrected chi connectivity index (χ3v) is 6.30. The average molecular weight is 384 g/mol. The first-order valence-electron chi connectivity index (χ1n) is 10.1. The predicted octanol–water partition coefficient (Wildman–Crippen LogP) is 3.31. The molecule has 0 unspecified atom stereocenters. The molecule has 2 fully saturated rings. The molecule has 1 aliphatic carbocycles. The van der Waals surface area contributed by atoms with Crippen LogP contribution in [-0.2, 0) is 11.2 Å². The standard InChI is InChI=1S/C24H24N4O/c25-14-18-4-8-20(9-5-18)19-6-2-17(3-7-19)12-21(15-26)28-23(29)22-13-24(16-27-22)10-1-11-24/h2-9,21-22,27H,1,10-13,16H2,(H,28,29)/t21-,22-/m0/s1. The van der Waals surface area contributed by atoms with Crippen LogP contribution in [0.3, 0.4) is 0 Å². The van der Waals surface area contributed by atoms with Crippen LogP contribution < -0.4 is 10.6 Å². The van der Waals surface area contributed by atoms with Crippen molar-refractivity contribution >= 4 is 5.91 Å². The Kier molecular flexibility index (Phi) is 5.34. The summed E-state index contributed by atoms with van der Waals surface area (Å²) >= 11 is 0. The monoisotopic (exact) mass is 384 g/mol. The summed E-state index contributed by atoms with van der Waals surface area (Å²) in [6.45, 7) is 0.916. The second kappa shape index (κ2) is 8.07. The molecule has 2 aromatic carbocycles. The van der Waals surface area contributed by atoms with Crippen molar-refractivity contribution in [3.8, 4) is 23.3 Å². The molecule has 1 aliphatic heterocycles. The minimum Gasteiger partial charge on any atom is -0.339 e. The highest BCUT2D eigenvalue weighted by Crippen LogP contribution is 2.47. The van der Waals surface area contributed by atoms with Gasteiger partial charge in [0.15, 0.2) is 0 Å². The topological polar surface area (TPSA) is 88.7 Å². The van der Waals surface area contributed by atoms with E-state index in [-0.39, 0.29) is 11.9 Å². The summed E-state index contributed by atoms with van der Waals surface area (Å²) in [5.41, 5.74) is 4.06. The van der Waals surface area contributed by atoms with Gasteiger partial charge in [0.1, 0.15) is 6.04 Å². The van der Waals surface area contributed by atoms with E-state index < -0.39 is 6.04 Å². The maximum Gasteiger partial charge on any atom is 0.238 e. The van der Waals surface area contributed by atoms with Crippen LogP contribution in [0.25, 0.3) is 11.1 Å². The van der Waals surface area contributed by atoms with Crippen molar-refractivity contribution in [3.05, 3.63) is 59.7 Å². The molecule has 5 nitrogen and oxygen atoms in total. The molecule has 146 valence electrons. The lowest BCUT2D eigenvalue weighted by Gasteiger charge is -2.37. The van der Waals surface area contributed by atoms with E-state index in [9.17, 15) is 10.1 Å². The summed E-state index contributed by atoms with van der Waals surface area (Å²) in [5.74, 6) is -0.0606. The van der Waals surface area contributed by atoms with E-state index in [0.717, 1.165) is 29.7 Å². The number of carbonyl (C=O) groups is 1. The molecule has 0 aromatic heterocycles. The Bertz CT molecular complexity index is 962. The average Bonchev–Trinajstić information content (AvgIpc) is 3.20. The van der Waals surface area contributed by atoms with Gasteiger partial charge < -0.3 is 10.6 Å². The highest BCUT2D eigenvalue weighted by atomic mass is 16.2. The zero-order chi connectivity index (χ0) is 20.3. The van der Waals surface area contributed by atoms with Gasteiger partial charge in [-0.05, 0) is 53.5 Å². The Hall–Kier alpha value is -3.15. The second-order valence-corrected chi connectivity index (χ2v) is 8.27. The molecule has 1 saturated heterocycles. The Morgan fingerprint density at radius 1 is 1.10 bits per heavy atom. The lowest BCUT2D eigenvalue weighted by Crippen LogP contribution is -2.45. The normalized spacial score (nSPS) is 20.3. The molecule has 29 heavy (non-hydrogen) atoms. The molecular weight excluding hydrogens is 360 g/mol. The van der Waals surface area contributed by atoms with E-state index in [1.807, 2.05) is 36.4 Å². The van der Waals surface area contributed by atoms with Crippen molar-refractivity contribution in [2.45, 2.75) is 44.2 Å². The summed E-state index contributed by atoms with van der Waals surface area (Å²) in [6, 6.07) is 19.1. The smallest absolute Gasteiger partial charge is 0.238 e. The van der Waals surface area contributed by atoms with Crippen LogP contribution in [0.2, 0.25) is 0 Å². The first-order chi connectivity index (χ1) is 14.1. The van der Waals surface area contributed by atoms with Crippen molar-refractivity contribution in [1.82, 2.24) is 10.6 Å². The van der Waals surface area contributed by atoms with E-state index >= 15 is 0 Å². The van der Waals surface area contributed by atoms with Gasteiger partial charge >= 0.3 is 0 Å². The van der Waals surface area contributed by atoms with Crippen molar-refractivity contribution in [2.24, 2.45) is 5.41 Å². The highest BCUT2D eigenvalue weighted by Gasteiger charge is 2.45. The van der Waals surface area contributed by atoms with Crippen LogP contribution >= 0.6 is 0 Å². The number of nitrogens with one attached hydrogen (secondary N) is 2. The molecule has 2 aromatic rings. The van der Waals surface area contributed by atoms with Gasteiger partial charge in [0.25, 0.3) is 0 Å². The Labute approximate surface area is 171 Å². The lowest BCUT2D eigenvalue weighted by molar-refractivity contribution is -0.123. The van der Waals surface area contributed by atoms with Gasteiger partial charge in [-0.1, -0.05) is 42.8 Å². The molecular formula is C24H24N4O. The fourth-order valence-electron chi connectivity index (χ4n) is 4.37. The highest BCUT2D eigenvalue weighted by molar-refractivity contribution is 5.82. The van der Waals surface area contributed by atoms with Crippen LogP contribution in [-0.4, -0.2) is 24.5 Å². The van der Waals surface area contributed by atoms with E-state index in [4.69, 9.17) is 5.26 Å². The molecule has 0 bridgehead atoms. The zero-order valence-electron chi connectivity index (χ0n) is 16.3. The minimum atomic E-state index is -0.539. The molecule has 1 spiro atoms. The molecule has 2 atom stereocenters. The van der Waals surface area contributed by atoms with Gasteiger partial charge in [-0.3, -0.25) is 4.79 Å². The van der Waals surface area contributed by atoms with Crippen molar-refractivity contribution in [3.63, 3.8) is 0 Å². The van der Waals surface area contributed by atoms with Gasteiger partial charge in [0.2, 0.25) is 5.91 Å². The van der Waals surface area contributed by atoms with Crippen molar-refractivity contribution in [2.75, 3.05) is 6.54 Å². The van der Waals surface area contributed by atoms with E-state index in [1.165, 1.54) is 19.3 Å². The number of hydrogen-bond acceptors (Lipinski definition) is 4. The molecule has 1 heterocycles. The number of carbonyl (C=O) groups excluding carboxylic acids is 1. The van der Waals surface area contributed by atoms with Crippen molar-refractivity contribution in [1.29, 1.82) is 10.5 Å². The summed E-state index contributed by atoms with van der Waals surface area (Å²) in [5, 5.41) is 24.7. The fourth-order valence-corrected chi connectivity index (χ4v) is 4.37. The Morgan fingerprint density at radius 2 is 1.76 bits per heavy atom. The molecule has 4 rings (SSSR count). The van der Waals surface area contributed by atoms with Crippen LogP contribution in [0.4, 0.5) is 0 Å². The van der Waals surface area contributed by atoms with Crippen LogP contribution in [0.5, 0.6) is 0 Å². The molecule has 1 saturated carbocycles. The summed E-state index contributed by atoms with van der Waals surface area (Å²) < 4.78 is 0. The molecule has 2 aliphatic rings. The molecule has 5 heteroatoms. The largest absolute Gasteiger partial charge is 0.339 e. The first kappa shape index (κ1) is 19.2. The minimum absolute atomic E-state index is 0.0606. The summed E-state index contributed by atoms with van der Waals surface area (Å²) in [4.78, 5) is 12.6. The lowest BCUT2D eigenvalue weighted by atomic mass is 9.67. The van der Waals surface area contributed by atoms with E-state index in [0.29, 0.717) is 17.4 Å². The number of amides is 1. The summed E-state index contributed by atoms with van der Waals surface area (Å²) in [6.07, 6.45) is 5.04. The quantitative estimate of drug-likeness (QED) is 0.828. The van der Waals surface area contributed by atoms with Gasteiger partial charge in [0, 0.05) is 13.0 Å². The Balaban J connectivity index is 1.35. The molecule has 2 N–H and O–H groups in total. The number of nitrogens with zero attached hydrogens (tertiary/aromatic N) is 2. The SMILES string of the molecule is N#Cc1ccc(-c2ccc(C[C@@H](C#N)NC(=O)[C@@H]3CC4(CCC4)CN3)cc2)cc1. The number of rotatable bonds is 5. The molecule has 0 radical (unpaired) electrons. The number of nitriles is 2. The third-order valence-electron chi connectivity index (χ3n) is 6.30. The fraction of sp³-hybridized carbons (Fsp3) is 0.375. The second-order valence-electron chi connectivity index (χ2n) is 8.27. The van der Waals surface area contributed by atoms with Crippen molar-refractivity contribution < 1.29 is 4.79 Å².